The van der Waals surface area contributed by atoms with Crippen LogP contribution in [0, 0.1) is 40.4 Å². The van der Waals surface area contributed by atoms with Gasteiger partial charge in [0.1, 0.15) is 6.61 Å². The van der Waals surface area contributed by atoms with E-state index < -0.39 is 0 Å². The van der Waals surface area contributed by atoms with Crippen molar-refractivity contribution in [2.45, 2.75) is 77.4 Å². The molecule has 4 aliphatic rings. The topological polar surface area (TPSA) is 77.8 Å². The number of rotatable bonds is 2. The van der Waals surface area contributed by atoms with Gasteiger partial charge in [0.05, 0.1) is 12.2 Å². The number of ketones is 1. The lowest BCUT2D eigenvalue weighted by atomic mass is 9.44. The number of carbonyl (C=O) groups is 1. The van der Waals surface area contributed by atoms with E-state index in [1.54, 1.807) is 0 Å². The smallest absolute Gasteiger partial charge is 0.161 e. The Labute approximate surface area is 151 Å². The minimum absolute atomic E-state index is 0.0312. The standard InChI is InChI=1S/C21H34O4/c1-20-8-7-13(23)9-12(20)3-4-14-15-5-6-16(18(25)11-22)21(15,2)10-17(24)19(14)20/h12-17,19,22-24H,3-11H2,1-2H3/t12-,13+,14+,15-,16+,17-,19-,20-,21-/m0/s1. The Bertz CT molecular complexity index is 548. The summed E-state index contributed by atoms with van der Waals surface area (Å²) < 4.78 is 0. The maximum atomic E-state index is 12.3. The molecule has 0 unspecified atom stereocenters. The quantitative estimate of drug-likeness (QED) is 0.715. The lowest BCUT2D eigenvalue weighted by molar-refractivity contribution is -0.179. The molecule has 4 saturated carbocycles. The summed E-state index contributed by atoms with van der Waals surface area (Å²) in [5, 5.41) is 30.7. The Hall–Kier alpha value is -0.450. The first-order valence-corrected chi connectivity index (χ1v) is 10.3. The molecule has 25 heavy (non-hydrogen) atoms. The fourth-order valence-electron chi connectivity index (χ4n) is 8.00. The normalized spacial score (nSPS) is 55.2. The van der Waals surface area contributed by atoms with Crippen LogP contribution in [0.25, 0.3) is 0 Å². The summed E-state index contributed by atoms with van der Waals surface area (Å²) in [4.78, 5) is 12.3. The first kappa shape index (κ1) is 17.9. The van der Waals surface area contributed by atoms with E-state index >= 15 is 0 Å². The van der Waals surface area contributed by atoms with Gasteiger partial charge in [-0.3, -0.25) is 4.79 Å². The van der Waals surface area contributed by atoms with Gasteiger partial charge in [-0.1, -0.05) is 13.8 Å². The van der Waals surface area contributed by atoms with Gasteiger partial charge in [0.2, 0.25) is 0 Å². The fraction of sp³-hybridized carbons (Fsp3) is 0.952. The molecule has 0 saturated heterocycles. The molecule has 0 aromatic rings. The third-order valence-electron chi connectivity index (χ3n) is 9.11. The van der Waals surface area contributed by atoms with Crippen molar-refractivity contribution in [3.05, 3.63) is 0 Å². The van der Waals surface area contributed by atoms with E-state index in [0.29, 0.717) is 30.1 Å². The highest BCUT2D eigenvalue weighted by molar-refractivity contribution is 5.83. The molecule has 0 heterocycles. The van der Waals surface area contributed by atoms with E-state index in [0.717, 1.165) is 44.9 Å². The summed E-state index contributed by atoms with van der Waals surface area (Å²) in [5.74, 6) is 1.69. The lowest BCUT2D eigenvalue weighted by Gasteiger charge is -2.62. The predicted octanol–water partition coefficient (Wildman–Crippen LogP) is 2.54. The van der Waals surface area contributed by atoms with Crippen LogP contribution in [-0.2, 0) is 4.79 Å². The maximum Gasteiger partial charge on any atom is 0.161 e. The Morgan fingerprint density at radius 2 is 1.80 bits per heavy atom. The van der Waals surface area contributed by atoms with E-state index in [-0.39, 0.29) is 41.3 Å². The van der Waals surface area contributed by atoms with Crippen molar-refractivity contribution < 1.29 is 20.1 Å². The second-order valence-corrected chi connectivity index (χ2v) is 10.0. The van der Waals surface area contributed by atoms with Gasteiger partial charge in [0.25, 0.3) is 0 Å². The minimum atomic E-state index is -0.366. The van der Waals surface area contributed by atoms with Crippen LogP contribution in [0.15, 0.2) is 0 Å². The van der Waals surface area contributed by atoms with Gasteiger partial charge in [-0.15, -0.1) is 0 Å². The second kappa shape index (κ2) is 6.03. The summed E-state index contributed by atoms with van der Waals surface area (Å²) in [6.45, 7) is 4.19. The SMILES string of the molecule is C[C@]12CC[C@@H](O)C[C@@H]1CC[C@H]1[C@H]2[C@@H](O)C[C@]2(C)[C@@H](C(=O)CO)CC[C@@H]12. The molecule has 0 spiro atoms. The number of fused-ring (bicyclic) bond motifs is 5. The van der Waals surface area contributed by atoms with Crippen molar-refractivity contribution in [3.63, 3.8) is 0 Å². The third kappa shape index (κ3) is 2.47. The number of hydrogen-bond acceptors (Lipinski definition) is 4. The summed E-state index contributed by atoms with van der Waals surface area (Å²) >= 11 is 0. The van der Waals surface area contributed by atoms with E-state index in [1.807, 2.05) is 0 Å². The van der Waals surface area contributed by atoms with Gasteiger partial charge in [-0.25, -0.2) is 0 Å². The monoisotopic (exact) mass is 350 g/mol. The molecule has 4 rings (SSSR count). The van der Waals surface area contributed by atoms with Crippen molar-refractivity contribution in [2.75, 3.05) is 6.61 Å². The van der Waals surface area contributed by atoms with Gasteiger partial charge < -0.3 is 15.3 Å². The molecule has 4 fully saturated rings. The molecule has 0 bridgehead atoms. The maximum absolute atomic E-state index is 12.3. The van der Waals surface area contributed by atoms with Crippen molar-refractivity contribution >= 4 is 5.78 Å². The van der Waals surface area contributed by atoms with Crippen LogP contribution < -0.4 is 0 Å². The van der Waals surface area contributed by atoms with Crippen LogP contribution in [0.4, 0.5) is 0 Å². The van der Waals surface area contributed by atoms with E-state index in [1.165, 1.54) is 0 Å². The fourth-order valence-corrected chi connectivity index (χ4v) is 8.00. The molecule has 142 valence electrons. The first-order valence-electron chi connectivity index (χ1n) is 10.3. The number of Topliss-reactive ketones (excluding diaryl/α,β-unsaturated/α-hetero) is 1. The lowest BCUT2D eigenvalue weighted by Crippen LogP contribution is -2.59. The summed E-state index contributed by atoms with van der Waals surface area (Å²) in [6.07, 6.45) is 7.12. The van der Waals surface area contributed by atoms with Crippen LogP contribution in [0.3, 0.4) is 0 Å². The zero-order valence-corrected chi connectivity index (χ0v) is 15.7. The van der Waals surface area contributed by atoms with Gasteiger partial charge in [0.15, 0.2) is 5.78 Å². The van der Waals surface area contributed by atoms with Crippen LogP contribution in [-0.4, -0.2) is 39.9 Å². The van der Waals surface area contributed by atoms with Crippen molar-refractivity contribution in [1.29, 1.82) is 0 Å². The highest BCUT2D eigenvalue weighted by atomic mass is 16.3. The molecule has 3 N–H and O–H groups in total. The molecule has 0 amide bonds. The zero-order chi connectivity index (χ0) is 18.0. The zero-order valence-electron chi connectivity index (χ0n) is 15.7. The molecule has 0 radical (unpaired) electrons. The molecular formula is C21H34O4. The van der Waals surface area contributed by atoms with Crippen molar-refractivity contribution in [3.8, 4) is 0 Å². The Balaban J connectivity index is 1.65. The third-order valence-corrected chi connectivity index (χ3v) is 9.11. The van der Waals surface area contributed by atoms with E-state index in [4.69, 9.17) is 0 Å². The Kier molecular flexibility index (Phi) is 4.33. The van der Waals surface area contributed by atoms with Gasteiger partial charge in [-0.2, -0.15) is 0 Å². The molecular weight excluding hydrogens is 316 g/mol. The van der Waals surface area contributed by atoms with Gasteiger partial charge in [0, 0.05) is 5.92 Å². The Morgan fingerprint density at radius 1 is 1.04 bits per heavy atom. The van der Waals surface area contributed by atoms with Gasteiger partial charge >= 0.3 is 0 Å². The summed E-state index contributed by atoms with van der Waals surface area (Å²) in [7, 11) is 0. The van der Waals surface area contributed by atoms with Crippen LogP contribution in [0.1, 0.15) is 65.2 Å². The molecule has 0 aromatic carbocycles. The van der Waals surface area contributed by atoms with Crippen molar-refractivity contribution in [2.24, 2.45) is 40.4 Å². The molecule has 4 heteroatoms. The van der Waals surface area contributed by atoms with Crippen LogP contribution >= 0.6 is 0 Å². The number of aliphatic hydroxyl groups is 3. The number of carbonyl (C=O) groups excluding carboxylic acids is 1. The van der Waals surface area contributed by atoms with Crippen LogP contribution in [0.5, 0.6) is 0 Å². The largest absolute Gasteiger partial charge is 0.393 e. The number of aliphatic hydroxyl groups excluding tert-OH is 3. The van der Waals surface area contributed by atoms with Crippen molar-refractivity contribution in [1.82, 2.24) is 0 Å². The molecule has 0 aliphatic heterocycles. The highest BCUT2D eigenvalue weighted by Crippen LogP contribution is 2.67. The number of hydrogen-bond donors (Lipinski definition) is 3. The van der Waals surface area contributed by atoms with Gasteiger partial charge in [-0.05, 0) is 85.9 Å². The first-order chi connectivity index (χ1) is 11.8. The van der Waals surface area contributed by atoms with E-state index in [9.17, 15) is 20.1 Å². The summed E-state index contributed by atoms with van der Waals surface area (Å²) in [6, 6.07) is 0. The molecule has 0 aromatic heterocycles. The predicted molar refractivity (Wildman–Crippen MR) is 94.7 cm³/mol. The minimum Gasteiger partial charge on any atom is -0.393 e. The molecule has 4 nitrogen and oxygen atoms in total. The summed E-state index contributed by atoms with van der Waals surface area (Å²) in [5.41, 5.74) is -0.0280. The second-order valence-electron chi connectivity index (χ2n) is 10.0. The molecule has 4 aliphatic carbocycles. The average molecular weight is 350 g/mol. The van der Waals surface area contributed by atoms with Crippen LogP contribution in [0.2, 0.25) is 0 Å². The highest BCUT2D eigenvalue weighted by Gasteiger charge is 2.63. The average Bonchev–Trinajstić information content (AvgIpc) is 2.91. The molecule has 9 atom stereocenters. The Morgan fingerprint density at radius 3 is 2.52 bits per heavy atom. The van der Waals surface area contributed by atoms with E-state index in [2.05, 4.69) is 13.8 Å².